The predicted molar refractivity (Wildman–Crippen MR) is 118 cm³/mol. The van der Waals surface area contributed by atoms with Gasteiger partial charge < -0.3 is 8.92 Å². The fraction of sp³-hybridized carbons (Fsp3) is 0.286. The summed E-state index contributed by atoms with van der Waals surface area (Å²) >= 11 is 0. The molecule has 0 radical (unpaired) electrons. The molecule has 0 saturated carbocycles. The summed E-state index contributed by atoms with van der Waals surface area (Å²) in [4.78, 5) is 4.38. The molecule has 31 heavy (non-hydrogen) atoms. The number of rotatable bonds is 8. The fourth-order valence-corrected chi connectivity index (χ4v) is 5.43. The Labute approximate surface area is 182 Å². The van der Waals surface area contributed by atoms with Crippen molar-refractivity contribution >= 4 is 31.0 Å². The fourth-order valence-electron chi connectivity index (χ4n) is 3.18. The van der Waals surface area contributed by atoms with Gasteiger partial charge in [0.05, 0.1) is 18.9 Å². The summed E-state index contributed by atoms with van der Waals surface area (Å²) in [5.74, 6) is 0.224. The Balaban J connectivity index is 2.04. The van der Waals surface area contributed by atoms with Gasteiger partial charge in [-0.1, -0.05) is 24.3 Å². The molecule has 0 saturated heterocycles. The molecule has 2 aromatic carbocycles. The van der Waals surface area contributed by atoms with Crippen LogP contribution in [0.5, 0.6) is 11.5 Å². The third-order valence-corrected chi connectivity index (χ3v) is 7.10. The normalized spacial score (nSPS) is 12.5. The first-order valence-electron chi connectivity index (χ1n) is 9.45. The van der Waals surface area contributed by atoms with Gasteiger partial charge in [0.15, 0.2) is 11.5 Å². The molecular weight excluding hydrogens is 440 g/mol. The van der Waals surface area contributed by atoms with E-state index in [1.807, 2.05) is 0 Å². The van der Waals surface area contributed by atoms with Crippen LogP contribution in [0.3, 0.4) is 0 Å². The Morgan fingerprint density at radius 1 is 1.00 bits per heavy atom. The number of ether oxygens (including phenoxy) is 1. The molecule has 0 amide bonds. The molecule has 1 heterocycles. The molecule has 3 rings (SSSR count). The summed E-state index contributed by atoms with van der Waals surface area (Å²) in [6, 6.07) is 12.9. The molecule has 0 N–H and O–H groups in total. The number of methoxy groups -OCH3 is 1. The van der Waals surface area contributed by atoms with Crippen LogP contribution in [0.15, 0.2) is 59.6 Å². The molecule has 3 aromatic rings. The van der Waals surface area contributed by atoms with E-state index in [9.17, 15) is 16.8 Å². The summed E-state index contributed by atoms with van der Waals surface area (Å²) in [5.41, 5.74) is 0.941. The first-order valence-corrected chi connectivity index (χ1v) is 12.7. The highest BCUT2D eigenvalue weighted by Crippen LogP contribution is 2.31. The van der Waals surface area contributed by atoms with Crippen LogP contribution in [0.25, 0.3) is 10.9 Å². The first kappa shape index (κ1) is 23.0. The predicted octanol–water partition coefficient (Wildman–Crippen LogP) is 3.18. The number of hydrogen-bond donors (Lipinski definition) is 0. The maximum Gasteiger partial charge on any atom is 0.306 e. The molecular formula is C21H24N2O6S2. The molecule has 166 valence electrons. The number of sulfonamides is 1. The van der Waals surface area contributed by atoms with E-state index in [0.717, 1.165) is 11.6 Å². The van der Waals surface area contributed by atoms with Gasteiger partial charge in [0, 0.05) is 24.2 Å². The van der Waals surface area contributed by atoms with Gasteiger partial charge in [-0.15, -0.1) is 0 Å². The van der Waals surface area contributed by atoms with Crippen LogP contribution in [0.2, 0.25) is 0 Å². The zero-order chi connectivity index (χ0) is 22.8. The van der Waals surface area contributed by atoms with Gasteiger partial charge in [-0.3, -0.25) is 4.98 Å². The SMILES string of the molecule is COc1ccc(CN(C(C)C)S(=O)(=O)c2cccc3cccnc23)cc1OS(C)(=O)=O. The second kappa shape index (κ2) is 8.81. The van der Waals surface area contributed by atoms with Crippen molar-refractivity contribution in [3.8, 4) is 11.5 Å². The van der Waals surface area contributed by atoms with Crippen LogP contribution in [-0.2, 0) is 26.7 Å². The quantitative estimate of drug-likeness (QED) is 0.472. The maximum absolute atomic E-state index is 13.6. The minimum absolute atomic E-state index is 0.00423. The molecule has 0 aliphatic rings. The van der Waals surface area contributed by atoms with Crippen molar-refractivity contribution in [3.05, 3.63) is 60.3 Å². The number of fused-ring (bicyclic) bond motifs is 1. The second-order valence-electron chi connectivity index (χ2n) is 7.25. The molecule has 0 bridgehead atoms. The molecule has 1 aromatic heterocycles. The van der Waals surface area contributed by atoms with Crippen LogP contribution in [0, 0.1) is 0 Å². The van der Waals surface area contributed by atoms with E-state index in [1.54, 1.807) is 56.4 Å². The Morgan fingerprint density at radius 2 is 1.71 bits per heavy atom. The average Bonchev–Trinajstić information content (AvgIpc) is 2.70. The summed E-state index contributed by atoms with van der Waals surface area (Å²) in [6.45, 7) is 3.55. The van der Waals surface area contributed by atoms with Crippen molar-refractivity contribution in [1.82, 2.24) is 9.29 Å². The van der Waals surface area contributed by atoms with Crippen molar-refractivity contribution in [2.24, 2.45) is 0 Å². The van der Waals surface area contributed by atoms with Gasteiger partial charge in [-0.05, 0) is 43.7 Å². The molecule has 0 unspecified atom stereocenters. The zero-order valence-corrected chi connectivity index (χ0v) is 19.3. The summed E-state index contributed by atoms with van der Waals surface area (Å²) < 4.78 is 61.8. The third-order valence-electron chi connectivity index (χ3n) is 4.57. The molecule has 0 spiro atoms. The van der Waals surface area contributed by atoms with Gasteiger partial charge in [0.1, 0.15) is 4.90 Å². The van der Waals surface area contributed by atoms with Crippen molar-refractivity contribution in [2.75, 3.05) is 13.4 Å². The molecule has 0 atom stereocenters. The van der Waals surface area contributed by atoms with Gasteiger partial charge in [0.2, 0.25) is 10.0 Å². The Hall–Kier alpha value is -2.69. The van der Waals surface area contributed by atoms with Crippen molar-refractivity contribution in [3.63, 3.8) is 0 Å². The number of pyridine rings is 1. The number of benzene rings is 2. The van der Waals surface area contributed by atoms with Crippen LogP contribution in [0.4, 0.5) is 0 Å². The number of nitrogens with zero attached hydrogens (tertiary/aromatic N) is 2. The van der Waals surface area contributed by atoms with E-state index in [-0.39, 0.29) is 29.0 Å². The largest absolute Gasteiger partial charge is 0.493 e. The molecule has 10 heteroatoms. The van der Waals surface area contributed by atoms with E-state index in [4.69, 9.17) is 8.92 Å². The van der Waals surface area contributed by atoms with Gasteiger partial charge in [-0.2, -0.15) is 12.7 Å². The lowest BCUT2D eigenvalue weighted by Crippen LogP contribution is -2.36. The van der Waals surface area contributed by atoms with Crippen molar-refractivity contribution in [2.45, 2.75) is 31.3 Å². The van der Waals surface area contributed by atoms with Crippen molar-refractivity contribution in [1.29, 1.82) is 0 Å². The van der Waals surface area contributed by atoms with E-state index in [2.05, 4.69) is 4.98 Å². The lowest BCUT2D eigenvalue weighted by molar-refractivity contribution is 0.347. The monoisotopic (exact) mass is 464 g/mol. The minimum Gasteiger partial charge on any atom is -0.493 e. The lowest BCUT2D eigenvalue weighted by atomic mass is 10.2. The van der Waals surface area contributed by atoms with E-state index in [1.165, 1.54) is 23.5 Å². The Kier molecular flexibility index (Phi) is 6.54. The third kappa shape index (κ3) is 5.15. The topological polar surface area (TPSA) is 103 Å². The summed E-state index contributed by atoms with van der Waals surface area (Å²) in [5, 5.41) is 0.723. The average molecular weight is 465 g/mol. The molecule has 0 aliphatic carbocycles. The standard InChI is InChI=1S/C21H24N2O6S2/c1-15(2)23(14-16-10-11-18(28-3)19(13-16)29-30(4,24)25)31(26,27)20-9-5-7-17-8-6-12-22-21(17)20/h5-13,15H,14H2,1-4H3. The van der Waals surface area contributed by atoms with Gasteiger partial charge in [-0.25, -0.2) is 8.42 Å². The van der Waals surface area contributed by atoms with Crippen LogP contribution >= 0.6 is 0 Å². The van der Waals surface area contributed by atoms with Crippen molar-refractivity contribution < 1.29 is 25.8 Å². The van der Waals surface area contributed by atoms with E-state index < -0.39 is 20.1 Å². The van der Waals surface area contributed by atoms with E-state index in [0.29, 0.717) is 11.1 Å². The summed E-state index contributed by atoms with van der Waals surface area (Å²) in [7, 11) is -6.30. The highest BCUT2D eigenvalue weighted by atomic mass is 32.2. The highest BCUT2D eigenvalue weighted by Gasteiger charge is 2.29. The van der Waals surface area contributed by atoms with Crippen LogP contribution in [-0.4, -0.2) is 45.5 Å². The van der Waals surface area contributed by atoms with Crippen LogP contribution in [0.1, 0.15) is 19.4 Å². The number of aromatic nitrogens is 1. The molecule has 8 nitrogen and oxygen atoms in total. The molecule has 0 aliphatic heterocycles. The van der Waals surface area contributed by atoms with Crippen LogP contribution < -0.4 is 8.92 Å². The van der Waals surface area contributed by atoms with E-state index >= 15 is 0 Å². The zero-order valence-electron chi connectivity index (χ0n) is 17.6. The van der Waals surface area contributed by atoms with Gasteiger partial charge in [0.25, 0.3) is 0 Å². The Morgan fingerprint density at radius 3 is 2.35 bits per heavy atom. The highest BCUT2D eigenvalue weighted by molar-refractivity contribution is 7.89. The minimum atomic E-state index is -3.91. The lowest BCUT2D eigenvalue weighted by Gasteiger charge is -2.26. The maximum atomic E-state index is 13.6. The number of para-hydroxylation sites is 1. The van der Waals surface area contributed by atoms with Gasteiger partial charge >= 0.3 is 10.1 Å². The Bertz CT molecular complexity index is 1300. The second-order valence-corrected chi connectivity index (χ2v) is 10.7. The smallest absolute Gasteiger partial charge is 0.306 e. The first-order chi connectivity index (χ1) is 14.5. The molecule has 0 fully saturated rings. The summed E-state index contributed by atoms with van der Waals surface area (Å²) in [6.07, 6.45) is 2.48. The number of hydrogen-bond acceptors (Lipinski definition) is 7.